The van der Waals surface area contributed by atoms with Crippen LogP contribution in [0.1, 0.15) is 40.0 Å². The first-order valence-electron chi connectivity index (χ1n) is 6.59. The normalized spacial score (nSPS) is 13.7. The molecule has 0 fully saturated rings. The molecule has 0 aromatic heterocycles. The summed E-state index contributed by atoms with van der Waals surface area (Å²) >= 11 is 3.30. The lowest BCUT2D eigenvalue weighted by Crippen LogP contribution is -2.32. The van der Waals surface area contributed by atoms with Gasteiger partial charge in [0, 0.05) is 10.5 Å². The number of hydrogen-bond acceptors (Lipinski definition) is 2. The summed E-state index contributed by atoms with van der Waals surface area (Å²) in [6, 6.07) is 6.64. The van der Waals surface area contributed by atoms with Crippen LogP contribution in [0.25, 0.3) is 0 Å². The molecule has 0 aliphatic rings. The Balaban J connectivity index is 2.57. The third-order valence-corrected chi connectivity index (χ3v) is 5.03. The Labute approximate surface area is 125 Å². The van der Waals surface area contributed by atoms with E-state index in [0.717, 1.165) is 23.7 Å². The zero-order chi connectivity index (χ0) is 14.5. The third-order valence-electron chi connectivity index (χ3n) is 2.90. The van der Waals surface area contributed by atoms with Crippen LogP contribution in [-0.4, -0.2) is 14.5 Å². The van der Waals surface area contributed by atoms with Crippen molar-refractivity contribution in [2.75, 3.05) is 0 Å². The van der Waals surface area contributed by atoms with E-state index in [1.54, 1.807) is 24.3 Å². The Morgan fingerprint density at radius 1 is 1.11 bits per heavy atom. The Morgan fingerprint density at radius 2 is 1.68 bits per heavy atom. The molecule has 0 aliphatic carbocycles. The largest absolute Gasteiger partial charge is 0.240 e. The molecular formula is C14H22BrNO2S. The second-order valence-corrected chi connectivity index (χ2v) is 7.93. The third kappa shape index (κ3) is 6.06. The zero-order valence-electron chi connectivity index (χ0n) is 11.7. The summed E-state index contributed by atoms with van der Waals surface area (Å²) in [5, 5.41) is 0. The van der Waals surface area contributed by atoms with E-state index in [1.165, 1.54) is 0 Å². The van der Waals surface area contributed by atoms with Gasteiger partial charge in [-0.2, -0.15) is 0 Å². The molecule has 1 rings (SSSR count). The number of nitrogens with one attached hydrogen (secondary N) is 1. The quantitative estimate of drug-likeness (QED) is 0.811. The lowest BCUT2D eigenvalue weighted by molar-refractivity contribution is 0.488. The number of rotatable bonds is 7. The van der Waals surface area contributed by atoms with Gasteiger partial charge < -0.3 is 0 Å². The van der Waals surface area contributed by atoms with E-state index in [1.807, 2.05) is 6.92 Å². The molecule has 0 heterocycles. The van der Waals surface area contributed by atoms with Crippen LogP contribution in [0.3, 0.4) is 0 Å². The maximum Gasteiger partial charge on any atom is 0.240 e. The number of halogens is 1. The Hall–Kier alpha value is -0.390. The Kier molecular flexibility index (Phi) is 6.50. The standard InChI is InChI=1S/C14H22BrNO2S/c1-11(2)5-4-6-12(3)16-19(17,18)14-9-7-13(15)8-10-14/h7-12,16H,4-6H2,1-3H3/t12-/m1/s1. The van der Waals surface area contributed by atoms with E-state index in [-0.39, 0.29) is 6.04 Å². The summed E-state index contributed by atoms with van der Waals surface area (Å²) in [5.41, 5.74) is 0. The van der Waals surface area contributed by atoms with Crippen LogP contribution in [0.5, 0.6) is 0 Å². The van der Waals surface area contributed by atoms with Gasteiger partial charge in [-0.1, -0.05) is 42.6 Å². The molecular weight excluding hydrogens is 326 g/mol. The van der Waals surface area contributed by atoms with Crippen molar-refractivity contribution in [2.24, 2.45) is 5.92 Å². The molecule has 0 unspecified atom stereocenters. The molecule has 108 valence electrons. The van der Waals surface area contributed by atoms with Crippen molar-refractivity contribution >= 4 is 26.0 Å². The van der Waals surface area contributed by atoms with Crippen LogP contribution in [0.15, 0.2) is 33.6 Å². The summed E-state index contributed by atoms with van der Waals surface area (Å²) in [5.74, 6) is 0.662. The van der Waals surface area contributed by atoms with Crippen LogP contribution in [0.4, 0.5) is 0 Å². The van der Waals surface area contributed by atoms with E-state index in [4.69, 9.17) is 0 Å². The average molecular weight is 348 g/mol. The molecule has 0 bridgehead atoms. The van der Waals surface area contributed by atoms with Crippen molar-refractivity contribution in [2.45, 2.75) is 51.0 Å². The van der Waals surface area contributed by atoms with Gasteiger partial charge in [0.15, 0.2) is 0 Å². The molecule has 0 spiro atoms. The van der Waals surface area contributed by atoms with Gasteiger partial charge >= 0.3 is 0 Å². The van der Waals surface area contributed by atoms with Crippen LogP contribution >= 0.6 is 15.9 Å². The summed E-state index contributed by atoms with van der Waals surface area (Å²) < 4.78 is 27.8. The highest BCUT2D eigenvalue weighted by atomic mass is 79.9. The van der Waals surface area contributed by atoms with Crippen LogP contribution in [0.2, 0.25) is 0 Å². The molecule has 5 heteroatoms. The molecule has 0 saturated heterocycles. The molecule has 1 N–H and O–H groups in total. The molecule has 1 aromatic rings. The summed E-state index contributed by atoms with van der Waals surface area (Å²) in [4.78, 5) is 0.311. The molecule has 1 atom stereocenters. The summed E-state index contributed by atoms with van der Waals surface area (Å²) in [6.07, 6.45) is 3.04. The topological polar surface area (TPSA) is 46.2 Å². The van der Waals surface area contributed by atoms with Crippen molar-refractivity contribution in [3.63, 3.8) is 0 Å². The first kappa shape index (κ1) is 16.7. The minimum atomic E-state index is -3.40. The fourth-order valence-electron chi connectivity index (χ4n) is 1.84. The zero-order valence-corrected chi connectivity index (χ0v) is 14.1. The van der Waals surface area contributed by atoms with Crippen molar-refractivity contribution in [3.05, 3.63) is 28.7 Å². The predicted octanol–water partition coefficient (Wildman–Crippen LogP) is 3.94. The summed E-state index contributed by atoms with van der Waals surface area (Å²) in [7, 11) is -3.40. The highest BCUT2D eigenvalue weighted by Gasteiger charge is 2.16. The van der Waals surface area contributed by atoms with Crippen LogP contribution in [-0.2, 0) is 10.0 Å². The highest BCUT2D eigenvalue weighted by Crippen LogP contribution is 2.16. The SMILES string of the molecule is CC(C)CCC[C@@H](C)NS(=O)(=O)c1ccc(Br)cc1. The smallest absolute Gasteiger partial charge is 0.208 e. The minimum absolute atomic E-state index is 0.0348. The van der Waals surface area contributed by atoms with Gasteiger partial charge in [-0.3, -0.25) is 0 Å². The maximum atomic E-state index is 12.1. The predicted molar refractivity (Wildman–Crippen MR) is 82.6 cm³/mol. The van der Waals surface area contributed by atoms with Gasteiger partial charge in [0.2, 0.25) is 10.0 Å². The number of benzene rings is 1. The van der Waals surface area contributed by atoms with Crippen molar-refractivity contribution in [3.8, 4) is 0 Å². The van der Waals surface area contributed by atoms with Crippen molar-refractivity contribution < 1.29 is 8.42 Å². The molecule has 0 saturated carbocycles. The fourth-order valence-corrected chi connectivity index (χ4v) is 3.38. The van der Waals surface area contributed by atoms with E-state index < -0.39 is 10.0 Å². The van der Waals surface area contributed by atoms with Gasteiger partial charge in [0.05, 0.1) is 4.90 Å². The maximum absolute atomic E-state index is 12.1. The van der Waals surface area contributed by atoms with E-state index in [2.05, 4.69) is 34.5 Å². The second kappa shape index (κ2) is 7.41. The van der Waals surface area contributed by atoms with Crippen LogP contribution < -0.4 is 4.72 Å². The van der Waals surface area contributed by atoms with Gasteiger partial charge in [-0.15, -0.1) is 0 Å². The van der Waals surface area contributed by atoms with Gasteiger partial charge in [-0.05, 0) is 43.5 Å². The van der Waals surface area contributed by atoms with Crippen molar-refractivity contribution in [1.82, 2.24) is 4.72 Å². The van der Waals surface area contributed by atoms with Gasteiger partial charge in [0.1, 0.15) is 0 Å². The molecule has 0 radical (unpaired) electrons. The fraction of sp³-hybridized carbons (Fsp3) is 0.571. The first-order valence-corrected chi connectivity index (χ1v) is 8.87. The van der Waals surface area contributed by atoms with Crippen molar-refractivity contribution in [1.29, 1.82) is 0 Å². The summed E-state index contributed by atoms with van der Waals surface area (Å²) in [6.45, 7) is 6.27. The average Bonchev–Trinajstić information content (AvgIpc) is 2.28. The van der Waals surface area contributed by atoms with E-state index in [0.29, 0.717) is 10.8 Å². The molecule has 19 heavy (non-hydrogen) atoms. The van der Waals surface area contributed by atoms with Gasteiger partial charge in [-0.25, -0.2) is 13.1 Å². The second-order valence-electron chi connectivity index (χ2n) is 5.30. The highest BCUT2D eigenvalue weighted by molar-refractivity contribution is 9.10. The Morgan fingerprint density at radius 3 is 2.21 bits per heavy atom. The lowest BCUT2D eigenvalue weighted by atomic mass is 10.0. The molecule has 0 amide bonds. The number of sulfonamides is 1. The molecule has 1 aromatic carbocycles. The Bertz CT molecular complexity index is 483. The number of hydrogen-bond donors (Lipinski definition) is 1. The first-order chi connectivity index (χ1) is 8.81. The molecule has 3 nitrogen and oxygen atoms in total. The van der Waals surface area contributed by atoms with E-state index in [9.17, 15) is 8.42 Å². The monoisotopic (exact) mass is 347 g/mol. The minimum Gasteiger partial charge on any atom is -0.208 e. The lowest BCUT2D eigenvalue weighted by Gasteiger charge is -2.14. The van der Waals surface area contributed by atoms with E-state index >= 15 is 0 Å². The van der Waals surface area contributed by atoms with Gasteiger partial charge in [0.25, 0.3) is 0 Å². The van der Waals surface area contributed by atoms with Crippen LogP contribution in [0, 0.1) is 5.92 Å². The molecule has 0 aliphatic heterocycles.